The van der Waals surface area contributed by atoms with Gasteiger partial charge in [0.1, 0.15) is 4.03 Å². The van der Waals surface area contributed by atoms with Crippen LogP contribution in [0.25, 0.3) is 0 Å². The Kier molecular flexibility index (Phi) is 7.66. The molecule has 14 heavy (non-hydrogen) atoms. The van der Waals surface area contributed by atoms with Gasteiger partial charge in [-0.05, 0) is 46.5 Å². The quantitative estimate of drug-likeness (QED) is 0.448. The summed E-state index contributed by atoms with van der Waals surface area (Å²) in [5.74, 6) is 0. The van der Waals surface area contributed by atoms with E-state index in [-0.39, 0.29) is 4.03 Å². The lowest BCUT2D eigenvalue weighted by Gasteiger charge is -2.03. The molecular weight excluding hydrogens is 412 g/mol. The predicted octanol–water partition coefficient (Wildman–Crippen LogP) is 6.10. The fraction of sp³-hybridized carbons (Fsp3) is 0.143. The van der Waals surface area contributed by atoms with Crippen LogP contribution in [-0.2, 0) is 6.18 Å². The van der Waals surface area contributed by atoms with Crippen molar-refractivity contribution < 1.29 is 13.2 Å². The molecule has 0 unspecified atom stereocenters. The van der Waals surface area contributed by atoms with Gasteiger partial charge in [-0.1, -0.05) is 30.3 Å². The van der Waals surface area contributed by atoms with Crippen LogP contribution in [0, 0.1) is 0 Å². The summed E-state index contributed by atoms with van der Waals surface area (Å²) in [6, 6.07) is 6.36. The van der Waals surface area contributed by atoms with Gasteiger partial charge in [0.15, 0.2) is 0 Å². The fourth-order valence-electron chi connectivity index (χ4n) is 0.627. The molecule has 0 fully saturated rings. The normalized spacial score (nSPS) is 10.8. The van der Waals surface area contributed by atoms with Gasteiger partial charge >= 0.3 is 6.18 Å². The molecule has 7 heteroatoms. The first kappa shape index (κ1) is 14.9. The van der Waals surface area contributed by atoms with E-state index in [0.29, 0.717) is 0 Å². The third-order valence-corrected chi connectivity index (χ3v) is 1.10. The van der Waals surface area contributed by atoms with Gasteiger partial charge in [-0.2, -0.15) is 13.2 Å². The fourth-order valence-corrected chi connectivity index (χ4v) is 0.627. The smallest absolute Gasteiger partial charge is 0.166 e. The standard InChI is InChI=1S/C7H5F3.Br3P/c8-7(9,10)6-4-2-1-3-5-6;1-4(2)3/h1-5H;. The molecule has 0 heterocycles. The van der Waals surface area contributed by atoms with Gasteiger partial charge in [0.05, 0.1) is 5.56 Å². The first-order valence-corrected chi connectivity index (χ1v) is 10.6. The average molecular weight is 417 g/mol. The highest BCUT2D eigenvalue weighted by Crippen LogP contribution is 2.59. The molecule has 0 N–H and O–H groups in total. The summed E-state index contributed by atoms with van der Waals surface area (Å²) in [6.45, 7) is 0. The van der Waals surface area contributed by atoms with E-state index in [1.807, 2.05) is 0 Å². The molecule has 0 aromatic heterocycles. The molecule has 1 rings (SSSR count). The Morgan fingerprint density at radius 2 is 1.29 bits per heavy atom. The minimum atomic E-state index is -4.21. The topological polar surface area (TPSA) is 0 Å². The summed E-state index contributed by atoms with van der Waals surface area (Å²) in [6.07, 6.45) is -4.21. The Morgan fingerprint density at radius 1 is 0.929 bits per heavy atom. The first-order chi connectivity index (χ1) is 6.34. The number of hydrogen-bond donors (Lipinski definition) is 0. The number of hydrogen-bond acceptors (Lipinski definition) is 0. The largest absolute Gasteiger partial charge is 0.416 e. The van der Waals surface area contributed by atoms with E-state index in [1.54, 1.807) is 6.07 Å². The van der Waals surface area contributed by atoms with Crippen LogP contribution in [-0.4, -0.2) is 0 Å². The van der Waals surface area contributed by atoms with Crippen molar-refractivity contribution >= 4 is 50.5 Å². The lowest BCUT2D eigenvalue weighted by molar-refractivity contribution is -0.137. The predicted molar refractivity (Wildman–Crippen MR) is 65.1 cm³/mol. The molecule has 0 nitrogen and oxygen atoms in total. The zero-order valence-electron chi connectivity index (χ0n) is 6.60. The third-order valence-electron chi connectivity index (χ3n) is 1.10. The van der Waals surface area contributed by atoms with E-state index >= 15 is 0 Å². The summed E-state index contributed by atoms with van der Waals surface area (Å²) < 4.78 is 35.2. The highest BCUT2D eigenvalue weighted by molar-refractivity contribution is 9.93. The van der Waals surface area contributed by atoms with Gasteiger partial charge in [-0.3, -0.25) is 0 Å². The van der Waals surface area contributed by atoms with E-state index in [0.717, 1.165) is 12.1 Å². The van der Waals surface area contributed by atoms with Crippen LogP contribution in [0.15, 0.2) is 30.3 Å². The van der Waals surface area contributed by atoms with E-state index in [4.69, 9.17) is 0 Å². The SMILES string of the molecule is BrP(Br)Br.FC(F)(F)c1ccccc1. The second-order valence-electron chi connectivity index (χ2n) is 2.06. The maximum absolute atomic E-state index is 11.8. The van der Waals surface area contributed by atoms with Gasteiger partial charge in [-0.15, -0.1) is 0 Å². The van der Waals surface area contributed by atoms with Crippen LogP contribution < -0.4 is 0 Å². The summed E-state index contributed by atoms with van der Waals surface area (Å²) >= 11 is 9.51. The van der Waals surface area contributed by atoms with Crippen molar-refractivity contribution in [3.05, 3.63) is 35.9 Å². The van der Waals surface area contributed by atoms with Crippen molar-refractivity contribution in [2.75, 3.05) is 0 Å². The van der Waals surface area contributed by atoms with Crippen LogP contribution in [0.1, 0.15) is 5.56 Å². The molecule has 0 saturated heterocycles. The molecule has 0 spiro atoms. The maximum atomic E-state index is 11.8. The van der Waals surface area contributed by atoms with Crippen LogP contribution in [0.3, 0.4) is 0 Å². The molecule has 0 aliphatic rings. The molecule has 0 aliphatic heterocycles. The van der Waals surface area contributed by atoms with E-state index in [9.17, 15) is 13.2 Å². The Bertz CT molecular complexity index is 247. The van der Waals surface area contributed by atoms with E-state index in [1.165, 1.54) is 12.1 Å². The van der Waals surface area contributed by atoms with Gasteiger partial charge in [-0.25, -0.2) is 0 Å². The zero-order valence-corrected chi connectivity index (χ0v) is 12.3. The number of rotatable bonds is 0. The summed E-state index contributed by atoms with van der Waals surface area (Å²) in [7, 11) is 0. The lowest BCUT2D eigenvalue weighted by Crippen LogP contribution is -2.03. The van der Waals surface area contributed by atoms with Crippen molar-refractivity contribution in [2.45, 2.75) is 6.18 Å². The van der Waals surface area contributed by atoms with Crippen LogP contribution in [0.4, 0.5) is 13.2 Å². The van der Waals surface area contributed by atoms with E-state index < -0.39 is 11.7 Å². The van der Waals surface area contributed by atoms with Gasteiger partial charge in [0.2, 0.25) is 0 Å². The molecule has 0 aliphatic carbocycles. The molecule has 0 amide bonds. The Balaban J connectivity index is 0.000000364. The molecule has 1 aromatic rings. The van der Waals surface area contributed by atoms with Crippen molar-refractivity contribution in [3.8, 4) is 0 Å². The van der Waals surface area contributed by atoms with Gasteiger partial charge in [0.25, 0.3) is 0 Å². The average Bonchev–Trinajstić information content (AvgIpc) is 2.03. The Labute approximate surface area is 105 Å². The molecule has 0 radical (unpaired) electrons. The van der Waals surface area contributed by atoms with Crippen molar-refractivity contribution in [2.24, 2.45) is 0 Å². The third kappa shape index (κ3) is 8.21. The van der Waals surface area contributed by atoms with Gasteiger partial charge < -0.3 is 0 Å². The molecule has 0 atom stereocenters. The Hall–Kier alpha value is 0.880. The van der Waals surface area contributed by atoms with Crippen molar-refractivity contribution in [1.29, 1.82) is 0 Å². The molecule has 80 valence electrons. The number of alkyl halides is 3. The first-order valence-electron chi connectivity index (χ1n) is 3.23. The highest BCUT2D eigenvalue weighted by atomic mass is 80.0. The zero-order chi connectivity index (χ0) is 11.2. The molecule has 1 aromatic carbocycles. The second-order valence-corrected chi connectivity index (χ2v) is 17.4. The monoisotopic (exact) mass is 414 g/mol. The summed E-state index contributed by atoms with van der Waals surface area (Å²) in [4.78, 5) is 0. The van der Waals surface area contributed by atoms with E-state index in [2.05, 4.69) is 46.5 Å². The second kappa shape index (κ2) is 7.20. The maximum Gasteiger partial charge on any atom is 0.416 e. The minimum absolute atomic E-state index is 0.183. The molecule has 0 saturated carbocycles. The molecular formula is C7H5Br3F3P. The highest BCUT2D eigenvalue weighted by Gasteiger charge is 2.29. The summed E-state index contributed by atoms with van der Waals surface area (Å²) in [5, 5.41) is 0. The van der Waals surface area contributed by atoms with Crippen LogP contribution >= 0.6 is 50.5 Å². The minimum Gasteiger partial charge on any atom is -0.166 e. The Morgan fingerprint density at radius 3 is 1.50 bits per heavy atom. The van der Waals surface area contributed by atoms with Crippen LogP contribution in [0.5, 0.6) is 0 Å². The number of halogens is 6. The summed E-state index contributed by atoms with van der Waals surface area (Å²) in [5.41, 5.74) is -0.602. The van der Waals surface area contributed by atoms with Gasteiger partial charge in [0, 0.05) is 0 Å². The van der Waals surface area contributed by atoms with Crippen molar-refractivity contribution in [3.63, 3.8) is 0 Å². The molecule has 0 bridgehead atoms. The number of benzene rings is 1. The van der Waals surface area contributed by atoms with Crippen molar-refractivity contribution in [1.82, 2.24) is 0 Å². The van der Waals surface area contributed by atoms with Crippen LogP contribution in [0.2, 0.25) is 0 Å². The lowest BCUT2D eigenvalue weighted by atomic mass is 10.2.